The molecule has 5 nitrogen and oxygen atoms in total. The molecule has 2 aliphatic heterocycles. The number of nitrogens with two attached hydrogens (primary N) is 1. The molecule has 1 atom stereocenters. The van der Waals surface area contributed by atoms with Gasteiger partial charge in [0.2, 0.25) is 0 Å². The number of likely N-dealkylation sites (tertiary alicyclic amines) is 1. The minimum absolute atomic E-state index is 0. The van der Waals surface area contributed by atoms with Crippen LogP contribution in [0.25, 0.3) is 0 Å². The lowest BCUT2D eigenvalue weighted by Gasteiger charge is -2.42. The van der Waals surface area contributed by atoms with Crippen molar-refractivity contribution >= 4 is 36.4 Å². The van der Waals surface area contributed by atoms with Crippen molar-refractivity contribution in [2.75, 3.05) is 50.7 Å². The second-order valence-corrected chi connectivity index (χ2v) is 8.08. The summed E-state index contributed by atoms with van der Waals surface area (Å²) in [4.78, 5) is 19.7. The van der Waals surface area contributed by atoms with E-state index in [-0.39, 0.29) is 42.2 Å². The van der Waals surface area contributed by atoms with Gasteiger partial charge in [-0.05, 0) is 42.6 Å². The monoisotopic (exact) mass is 416 g/mol. The first-order valence-corrected chi connectivity index (χ1v) is 9.53. The second kappa shape index (κ2) is 9.97. The highest BCUT2D eigenvalue weighted by molar-refractivity contribution is 5.94. The standard InChI is InChI=1S/C20H32N4O.2ClH/c1-4-22-11-13-23(14-12-22)17-7-5-16(6-8-17)19(25)24-10-9-18(21)20(2,3)15-24;;/h5-8,18H,4,9-15,21H2,1-3H3;2*1H. The van der Waals surface area contributed by atoms with Crippen molar-refractivity contribution in [2.24, 2.45) is 11.1 Å². The Morgan fingerprint density at radius 3 is 2.19 bits per heavy atom. The van der Waals surface area contributed by atoms with Gasteiger partial charge in [-0.1, -0.05) is 20.8 Å². The maximum Gasteiger partial charge on any atom is 0.253 e. The van der Waals surface area contributed by atoms with Gasteiger partial charge in [0.25, 0.3) is 5.91 Å². The van der Waals surface area contributed by atoms with Crippen LogP contribution in [0.15, 0.2) is 24.3 Å². The Kier molecular flexibility index (Phi) is 8.87. The van der Waals surface area contributed by atoms with Crippen molar-refractivity contribution in [3.05, 3.63) is 29.8 Å². The van der Waals surface area contributed by atoms with E-state index in [2.05, 4.69) is 42.7 Å². The van der Waals surface area contributed by atoms with Gasteiger partial charge in [-0.25, -0.2) is 0 Å². The Morgan fingerprint density at radius 2 is 1.67 bits per heavy atom. The van der Waals surface area contributed by atoms with E-state index in [9.17, 15) is 4.79 Å². The molecule has 2 heterocycles. The molecule has 2 aliphatic rings. The Morgan fingerprint density at radius 1 is 1.07 bits per heavy atom. The van der Waals surface area contributed by atoms with E-state index >= 15 is 0 Å². The van der Waals surface area contributed by atoms with Gasteiger partial charge in [0.1, 0.15) is 0 Å². The number of rotatable bonds is 3. The molecule has 0 bridgehead atoms. The third-order valence-corrected chi connectivity index (χ3v) is 5.90. The van der Waals surface area contributed by atoms with Crippen LogP contribution in [0.2, 0.25) is 0 Å². The summed E-state index contributed by atoms with van der Waals surface area (Å²) in [5.74, 6) is 0.127. The van der Waals surface area contributed by atoms with Crippen LogP contribution >= 0.6 is 24.8 Å². The summed E-state index contributed by atoms with van der Waals surface area (Å²) in [7, 11) is 0. The molecule has 7 heteroatoms. The van der Waals surface area contributed by atoms with Crippen LogP contribution < -0.4 is 10.6 Å². The van der Waals surface area contributed by atoms with E-state index in [4.69, 9.17) is 5.73 Å². The maximum absolute atomic E-state index is 12.8. The van der Waals surface area contributed by atoms with E-state index in [0.29, 0.717) is 0 Å². The number of carbonyl (C=O) groups is 1. The smallest absolute Gasteiger partial charge is 0.253 e. The normalized spacial score (nSPS) is 22.6. The van der Waals surface area contributed by atoms with Crippen LogP contribution in [0.1, 0.15) is 37.6 Å². The quantitative estimate of drug-likeness (QED) is 0.822. The van der Waals surface area contributed by atoms with Crippen molar-refractivity contribution in [2.45, 2.75) is 33.2 Å². The number of piperidine rings is 1. The van der Waals surface area contributed by atoms with Crippen molar-refractivity contribution in [3.63, 3.8) is 0 Å². The fraction of sp³-hybridized carbons (Fsp3) is 0.650. The second-order valence-electron chi connectivity index (χ2n) is 8.08. The predicted molar refractivity (Wildman–Crippen MR) is 118 cm³/mol. The lowest BCUT2D eigenvalue weighted by molar-refractivity contribution is 0.0533. The van der Waals surface area contributed by atoms with E-state index in [1.54, 1.807) is 0 Å². The molecule has 3 rings (SSSR count). The highest BCUT2D eigenvalue weighted by atomic mass is 35.5. The summed E-state index contributed by atoms with van der Waals surface area (Å²) < 4.78 is 0. The van der Waals surface area contributed by atoms with Crippen LogP contribution in [0.4, 0.5) is 5.69 Å². The number of amides is 1. The molecule has 1 unspecified atom stereocenters. The summed E-state index contributed by atoms with van der Waals surface area (Å²) in [5, 5.41) is 0. The molecule has 1 aromatic rings. The number of hydrogen-bond acceptors (Lipinski definition) is 4. The van der Waals surface area contributed by atoms with Gasteiger partial charge in [0.05, 0.1) is 0 Å². The van der Waals surface area contributed by atoms with Gasteiger partial charge in [0, 0.05) is 56.6 Å². The number of likely N-dealkylation sites (N-methyl/N-ethyl adjacent to an activating group) is 1. The SMILES string of the molecule is CCN1CCN(c2ccc(C(=O)N3CCC(N)C(C)(C)C3)cc2)CC1.Cl.Cl. The lowest BCUT2D eigenvalue weighted by atomic mass is 9.79. The topological polar surface area (TPSA) is 52.8 Å². The molecule has 2 fully saturated rings. The molecule has 0 aromatic heterocycles. The van der Waals surface area contributed by atoms with Crippen molar-refractivity contribution in [1.82, 2.24) is 9.80 Å². The first-order valence-electron chi connectivity index (χ1n) is 9.53. The number of nitrogens with zero attached hydrogens (tertiary/aromatic N) is 3. The zero-order valence-corrected chi connectivity index (χ0v) is 18.3. The number of benzene rings is 1. The fourth-order valence-corrected chi connectivity index (χ4v) is 3.87. The van der Waals surface area contributed by atoms with Gasteiger partial charge in [-0.2, -0.15) is 0 Å². The molecule has 0 aliphatic carbocycles. The molecule has 1 aromatic carbocycles. The van der Waals surface area contributed by atoms with Gasteiger partial charge < -0.3 is 20.4 Å². The summed E-state index contributed by atoms with van der Waals surface area (Å²) in [6, 6.07) is 8.31. The van der Waals surface area contributed by atoms with E-state index < -0.39 is 0 Å². The molecule has 2 saturated heterocycles. The molecule has 2 N–H and O–H groups in total. The largest absolute Gasteiger partial charge is 0.369 e. The minimum Gasteiger partial charge on any atom is -0.369 e. The third-order valence-electron chi connectivity index (χ3n) is 5.90. The van der Waals surface area contributed by atoms with Crippen LogP contribution in [0, 0.1) is 5.41 Å². The summed E-state index contributed by atoms with van der Waals surface area (Å²) in [6.45, 7) is 13.4. The van der Waals surface area contributed by atoms with Crippen LogP contribution in [0.3, 0.4) is 0 Å². The Bertz CT molecular complexity index is 601. The molecule has 154 valence electrons. The molecule has 0 spiro atoms. The number of halogens is 2. The van der Waals surface area contributed by atoms with Crippen molar-refractivity contribution in [1.29, 1.82) is 0 Å². The predicted octanol–water partition coefficient (Wildman–Crippen LogP) is 2.87. The van der Waals surface area contributed by atoms with Crippen molar-refractivity contribution < 1.29 is 4.79 Å². The maximum atomic E-state index is 12.8. The molecule has 0 radical (unpaired) electrons. The highest BCUT2D eigenvalue weighted by Gasteiger charge is 2.35. The van der Waals surface area contributed by atoms with Crippen LogP contribution in [0.5, 0.6) is 0 Å². The zero-order valence-electron chi connectivity index (χ0n) is 16.7. The Hall–Kier alpha value is -1.01. The molecular weight excluding hydrogens is 383 g/mol. The summed E-state index contributed by atoms with van der Waals surface area (Å²) in [5.41, 5.74) is 8.16. The van der Waals surface area contributed by atoms with E-state index in [1.807, 2.05) is 17.0 Å². The fourth-order valence-electron chi connectivity index (χ4n) is 3.87. The highest BCUT2D eigenvalue weighted by Crippen LogP contribution is 2.29. The minimum atomic E-state index is -0.0210. The summed E-state index contributed by atoms with van der Waals surface area (Å²) >= 11 is 0. The van der Waals surface area contributed by atoms with Gasteiger partial charge >= 0.3 is 0 Å². The Balaban J connectivity index is 0.00000182. The van der Waals surface area contributed by atoms with E-state index in [1.165, 1.54) is 5.69 Å². The zero-order chi connectivity index (χ0) is 18.0. The molecule has 1 amide bonds. The van der Waals surface area contributed by atoms with Crippen LogP contribution in [-0.4, -0.2) is 67.6 Å². The van der Waals surface area contributed by atoms with Crippen LogP contribution in [-0.2, 0) is 0 Å². The van der Waals surface area contributed by atoms with Gasteiger partial charge in [-0.15, -0.1) is 24.8 Å². The average Bonchev–Trinajstić information content (AvgIpc) is 2.63. The number of hydrogen-bond donors (Lipinski definition) is 1. The Labute approximate surface area is 176 Å². The van der Waals surface area contributed by atoms with E-state index in [0.717, 1.165) is 57.8 Å². The first-order chi connectivity index (χ1) is 11.9. The molecular formula is C20H34Cl2N4O. The molecule has 27 heavy (non-hydrogen) atoms. The van der Waals surface area contributed by atoms with Crippen molar-refractivity contribution in [3.8, 4) is 0 Å². The number of carbonyl (C=O) groups excluding carboxylic acids is 1. The third kappa shape index (κ3) is 5.50. The van der Waals surface area contributed by atoms with Gasteiger partial charge in [-0.3, -0.25) is 4.79 Å². The molecule has 0 saturated carbocycles. The number of anilines is 1. The first kappa shape index (κ1) is 24.0. The number of piperazine rings is 1. The average molecular weight is 417 g/mol. The van der Waals surface area contributed by atoms with Gasteiger partial charge in [0.15, 0.2) is 0 Å². The summed E-state index contributed by atoms with van der Waals surface area (Å²) in [6.07, 6.45) is 0.874. The lowest BCUT2D eigenvalue weighted by Crippen LogP contribution is -2.54.